The van der Waals surface area contributed by atoms with Crippen LogP contribution in [0, 0.1) is 0 Å². The summed E-state index contributed by atoms with van der Waals surface area (Å²) in [6.45, 7) is 10.8. The summed E-state index contributed by atoms with van der Waals surface area (Å²) >= 11 is 6.08. The molecule has 4 rings (SSSR count). The Balaban J connectivity index is 1.91. The Labute approximate surface area is 251 Å². The van der Waals surface area contributed by atoms with E-state index in [0.29, 0.717) is 27.7 Å². The number of nitrogens with one attached hydrogen (secondary N) is 1. The number of anilines is 2. The average Bonchev–Trinajstić information content (AvgIpc) is 3.34. The average molecular weight is 618 g/mol. The van der Waals surface area contributed by atoms with E-state index in [1.807, 2.05) is 20.8 Å². The summed E-state index contributed by atoms with van der Waals surface area (Å²) in [5.74, 6) is -0.700. The van der Waals surface area contributed by atoms with Crippen LogP contribution in [0.4, 0.5) is 16.2 Å². The van der Waals surface area contributed by atoms with Crippen molar-refractivity contribution in [3.8, 4) is 11.5 Å². The van der Waals surface area contributed by atoms with Crippen LogP contribution in [0.5, 0.6) is 0 Å². The van der Waals surface area contributed by atoms with Gasteiger partial charge in [-0.2, -0.15) is 0 Å². The number of amides is 2. The molecule has 11 nitrogen and oxygen atoms in total. The van der Waals surface area contributed by atoms with E-state index in [2.05, 4.69) is 15.5 Å². The van der Waals surface area contributed by atoms with E-state index in [0.717, 1.165) is 0 Å². The zero-order chi connectivity index (χ0) is 31.2. The van der Waals surface area contributed by atoms with Gasteiger partial charge in [0.25, 0.3) is 5.91 Å². The van der Waals surface area contributed by atoms with Crippen molar-refractivity contribution in [2.24, 2.45) is 0 Å². The molecule has 42 heavy (non-hydrogen) atoms. The summed E-state index contributed by atoms with van der Waals surface area (Å²) in [4.78, 5) is 29.8. The van der Waals surface area contributed by atoms with Crippen molar-refractivity contribution in [3.05, 3.63) is 52.9 Å². The maximum absolute atomic E-state index is 14.1. The van der Waals surface area contributed by atoms with Gasteiger partial charge in [-0.05, 0) is 50.6 Å². The molecule has 1 aromatic heterocycles. The Morgan fingerprint density at radius 1 is 1.12 bits per heavy atom. The molecule has 0 saturated heterocycles. The van der Waals surface area contributed by atoms with E-state index in [-0.39, 0.29) is 23.0 Å². The first kappa shape index (κ1) is 31.3. The maximum Gasteiger partial charge on any atom is 0.408 e. The number of halogens is 1. The molecule has 0 unspecified atom stereocenters. The topological polar surface area (TPSA) is 135 Å². The Kier molecular flexibility index (Phi) is 8.36. The van der Waals surface area contributed by atoms with E-state index >= 15 is 0 Å². The molecule has 0 aliphatic carbocycles. The first-order valence-corrected chi connectivity index (χ1v) is 15.4. The number of alkyl carbamates (subject to hydrolysis) is 1. The van der Waals surface area contributed by atoms with Crippen LogP contribution in [-0.4, -0.2) is 62.1 Å². The minimum absolute atomic E-state index is 0.00282. The summed E-state index contributed by atoms with van der Waals surface area (Å²) in [6, 6.07) is 8.51. The van der Waals surface area contributed by atoms with Crippen LogP contribution in [0.15, 0.2) is 45.7 Å². The summed E-state index contributed by atoms with van der Waals surface area (Å²) in [7, 11) is -0.576. The molecule has 226 valence electrons. The molecule has 0 bridgehead atoms. The van der Waals surface area contributed by atoms with Gasteiger partial charge >= 0.3 is 6.09 Å². The number of hydrogen-bond donors (Lipinski definition) is 1. The minimum Gasteiger partial charge on any atom is -0.444 e. The van der Waals surface area contributed by atoms with Crippen LogP contribution in [-0.2, 0) is 31.3 Å². The Bertz CT molecular complexity index is 1600. The molecule has 2 amide bonds. The van der Waals surface area contributed by atoms with Crippen molar-refractivity contribution >= 4 is 44.8 Å². The van der Waals surface area contributed by atoms with E-state index < -0.39 is 44.6 Å². The first-order valence-electron chi connectivity index (χ1n) is 13.3. The van der Waals surface area contributed by atoms with E-state index in [9.17, 15) is 18.0 Å². The van der Waals surface area contributed by atoms with Crippen molar-refractivity contribution in [1.29, 1.82) is 0 Å². The number of ether oxygens (including phenoxy) is 1. The molecule has 2 aromatic carbocycles. The van der Waals surface area contributed by atoms with Crippen LogP contribution in [0.2, 0.25) is 5.02 Å². The highest BCUT2D eigenvalue weighted by atomic mass is 35.5. The quantitative estimate of drug-likeness (QED) is 0.421. The van der Waals surface area contributed by atoms with Gasteiger partial charge in [0.15, 0.2) is 9.84 Å². The molecule has 0 saturated carbocycles. The number of fused-ring (bicyclic) bond motifs is 1. The van der Waals surface area contributed by atoms with Crippen LogP contribution in [0.25, 0.3) is 11.5 Å². The van der Waals surface area contributed by atoms with Gasteiger partial charge in [0.2, 0.25) is 11.8 Å². The third kappa shape index (κ3) is 6.87. The highest BCUT2D eigenvalue weighted by molar-refractivity contribution is 7.91. The standard InChI is InChI=1S/C29H36ClN5O6S/c1-28(2,3)26-33-32-24(40-26)19-13-22-23(14-21(19)34(7)8)42(38,39)16-20(31-27(37)41-29(4,5)6)25(36)35(22)15-17-9-11-18(30)12-10-17/h9-14,20H,15-16H2,1-8H3,(H,31,37)/t20-/m0/s1. The number of carbonyl (C=O) groups is 2. The Morgan fingerprint density at radius 3 is 2.31 bits per heavy atom. The van der Waals surface area contributed by atoms with Gasteiger partial charge in [-0.25, -0.2) is 13.2 Å². The summed E-state index contributed by atoms with van der Waals surface area (Å²) in [5, 5.41) is 11.4. The van der Waals surface area contributed by atoms with Crippen molar-refractivity contribution < 1.29 is 27.2 Å². The predicted octanol–water partition coefficient (Wildman–Crippen LogP) is 4.97. The molecule has 1 atom stereocenters. The van der Waals surface area contributed by atoms with Crippen LogP contribution >= 0.6 is 11.6 Å². The molecule has 1 aliphatic heterocycles. The number of nitrogens with zero attached hydrogens (tertiary/aromatic N) is 4. The molecule has 2 heterocycles. The number of aromatic nitrogens is 2. The van der Waals surface area contributed by atoms with Gasteiger partial charge in [0.05, 0.1) is 34.1 Å². The fourth-order valence-corrected chi connectivity index (χ4v) is 6.12. The van der Waals surface area contributed by atoms with Crippen molar-refractivity contribution in [2.45, 2.75) is 70.0 Å². The van der Waals surface area contributed by atoms with Gasteiger partial charge in [-0.1, -0.05) is 44.5 Å². The third-order valence-corrected chi connectivity index (χ3v) is 8.40. The molecule has 0 spiro atoms. The van der Waals surface area contributed by atoms with E-state index in [1.165, 1.54) is 11.0 Å². The fraction of sp³-hybridized carbons (Fsp3) is 0.448. The lowest BCUT2D eigenvalue weighted by Crippen LogP contribution is -2.51. The van der Waals surface area contributed by atoms with Crippen molar-refractivity contribution in [2.75, 3.05) is 29.6 Å². The normalized spacial score (nSPS) is 16.9. The van der Waals surface area contributed by atoms with Gasteiger partial charge in [-0.3, -0.25) is 4.79 Å². The van der Waals surface area contributed by atoms with E-state index in [1.54, 1.807) is 70.1 Å². The number of carbonyl (C=O) groups excluding carboxylic acids is 2. The van der Waals surface area contributed by atoms with Crippen LogP contribution < -0.4 is 15.1 Å². The van der Waals surface area contributed by atoms with Gasteiger partial charge in [-0.15, -0.1) is 10.2 Å². The zero-order valence-corrected chi connectivity index (χ0v) is 26.6. The zero-order valence-electron chi connectivity index (χ0n) is 25.0. The molecule has 0 radical (unpaired) electrons. The molecular weight excluding hydrogens is 582 g/mol. The second kappa shape index (κ2) is 11.2. The summed E-state index contributed by atoms with van der Waals surface area (Å²) in [6.07, 6.45) is -0.899. The highest BCUT2D eigenvalue weighted by Crippen LogP contribution is 2.41. The van der Waals surface area contributed by atoms with Gasteiger partial charge in [0, 0.05) is 24.5 Å². The third-order valence-electron chi connectivity index (χ3n) is 6.38. The Morgan fingerprint density at radius 2 is 1.76 bits per heavy atom. The van der Waals surface area contributed by atoms with Crippen molar-refractivity contribution in [3.63, 3.8) is 0 Å². The summed E-state index contributed by atoms with van der Waals surface area (Å²) in [5.41, 5.74) is 0.493. The second-order valence-corrected chi connectivity index (χ2v) is 14.9. The second-order valence-electron chi connectivity index (χ2n) is 12.4. The number of rotatable bonds is 5. The SMILES string of the molecule is CN(C)c1cc2c(cc1-c1nnc(C(C)(C)C)o1)N(Cc1ccc(Cl)cc1)C(=O)[C@@H](NC(=O)OC(C)(C)C)CS2(=O)=O. The largest absolute Gasteiger partial charge is 0.444 e. The molecule has 1 aliphatic rings. The number of benzene rings is 2. The smallest absolute Gasteiger partial charge is 0.408 e. The summed E-state index contributed by atoms with van der Waals surface area (Å²) < 4.78 is 39.1. The lowest BCUT2D eigenvalue weighted by Gasteiger charge is -2.28. The van der Waals surface area contributed by atoms with Gasteiger partial charge < -0.3 is 24.3 Å². The molecule has 1 N–H and O–H groups in total. The first-order chi connectivity index (χ1) is 19.4. The molecule has 3 aromatic rings. The molecular formula is C29H36ClN5O6S. The lowest BCUT2D eigenvalue weighted by atomic mass is 9.97. The van der Waals surface area contributed by atoms with Crippen molar-refractivity contribution in [1.82, 2.24) is 15.5 Å². The van der Waals surface area contributed by atoms with Gasteiger partial charge in [0.1, 0.15) is 11.6 Å². The molecule has 13 heteroatoms. The Hall–Kier alpha value is -3.64. The lowest BCUT2D eigenvalue weighted by molar-refractivity contribution is -0.120. The fourth-order valence-electron chi connectivity index (χ4n) is 4.37. The molecule has 0 fully saturated rings. The number of hydrogen-bond acceptors (Lipinski definition) is 9. The van der Waals surface area contributed by atoms with Crippen LogP contribution in [0.3, 0.4) is 0 Å². The maximum atomic E-state index is 14.1. The van der Waals surface area contributed by atoms with Crippen LogP contribution in [0.1, 0.15) is 53.0 Å². The monoisotopic (exact) mass is 617 g/mol. The number of sulfone groups is 1. The predicted molar refractivity (Wildman–Crippen MR) is 161 cm³/mol. The van der Waals surface area contributed by atoms with E-state index in [4.69, 9.17) is 20.8 Å². The minimum atomic E-state index is -4.10. The highest BCUT2D eigenvalue weighted by Gasteiger charge is 2.40.